The van der Waals surface area contributed by atoms with Crippen molar-refractivity contribution in [2.24, 2.45) is 7.05 Å². The molecule has 1 aromatic carbocycles. The maximum absolute atomic E-state index is 13.4. The van der Waals surface area contributed by atoms with E-state index in [1.807, 2.05) is 48.7 Å². The molecule has 0 saturated carbocycles. The van der Waals surface area contributed by atoms with Crippen molar-refractivity contribution in [3.05, 3.63) is 64.7 Å². The second-order valence-corrected chi connectivity index (χ2v) is 7.95. The summed E-state index contributed by atoms with van der Waals surface area (Å²) in [5, 5.41) is 15.1. The Kier molecular flexibility index (Phi) is 6.83. The lowest BCUT2D eigenvalue weighted by Crippen LogP contribution is -2.33. The van der Waals surface area contributed by atoms with Crippen LogP contribution in [0.1, 0.15) is 64.2 Å². The van der Waals surface area contributed by atoms with E-state index in [1.54, 1.807) is 18.0 Å². The summed E-state index contributed by atoms with van der Waals surface area (Å²) in [7, 11) is 1.68. The van der Waals surface area contributed by atoms with Crippen LogP contribution in [0, 0.1) is 0 Å². The highest BCUT2D eigenvalue weighted by Gasteiger charge is 2.29. The molecule has 33 heavy (non-hydrogen) atoms. The van der Waals surface area contributed by atoms with Gasteiger partial charge in [0.15, 0.2) is 5.82 Å². The smallest absolute Gasteiger partial charge is 0.270 e. The standard InChI is InChI=1S/C23H29N7O3/c1-4-18(16-9-7-6-8-10-16)24-22(31)17-13-19(30-11-12-33-15-20(17)30)23(32)29(5-2)14-21-25-27-28(3)26-21/h6-10,13,18H,4-5,11-12,14-15H2,1-3H3,(H,24,31)/t18-/m1/s1. The molecule has 10 nitrogen and oxygen atoms in total. The molecule has 0 spiro atoms. The molecular weight excluding hydrogens is 422 g/mol. The zero-order chi connectivity index (χ0) is 23.4. The number of rotatable bonds is 8. The van der Waals surface area contributed by atoms with Gasteiger partial charge in [0.2, 0.25) is 0 Å². The number of tetrazole rings is 1. The van der Waals surface area contributed by atoms with E-state index >= 15 is 0 Å². The zero-order valence-corrected chi connectivity index (χ0v) is 19.2. The highest BCUT2D eigenvalue weighted by atomic mass is 16.5. The van der Waals surface area contributed by atoms with Crippen LogP contribution in [0.3, 0.4) is 0 Å². The minimum Gasteiger partial charge on any atom is -0.373 e. The number of hydrogen-bond donors (Lipinski definition) is 1. The van der Waals surface area contributed by atoms with Gasteiger partial charge in [0.05, 0.1) is 44.1 Å². The van der Waals surface area contributed by atoms with Crippen LogP contribution in [0.25, 0.3) is 0 Å². The molecule has 0 radical (unpaired) electrons. The average molecular weight is 452 g/mol. The predicted octanol–water partition coefficient (Wildman–Crippen LogP) is 2.09. The van der Waals surface area contributed by atoms with E-state index in [2.05, 4.69) is 20.7 Å². The van der Waals surface area contributed by atoms with Gasteiger partial charge in [0, 0.05) is 13.1 Å². The van der Waals surface area contributed by atoms with E-state index in [0.717, 1.165) is 17.7 Å². The van der Waals surface area contributed by atoms with Gasteiger partial charge in [-0.15, -0.1) is 10.2 Å². The number of carbonyl (C=O) groups is 2. The SMILES string of the molecule is CC[C@@H](NC(=O)c1cc(C(=O)N(CC)Cc2nnn(C)n2)n2c1COCC2)c1ccccc1. The first-order valence-corrected chi connectivity index (χ1v) is 11.2. The van der Waals surface area contributed by atoms with Crippen molar-refractivity contribution in [2.75, 3.05) is 13.2 Å². The monoisotopic (exact) mass is 451 g/mol. The lowest BCUT2D eigenvalue weighted by Gasteiger charge is -2.23. The largest absolute Gasteiger partial charge is 0.373 e. The summed E-state index contributed by atoms with van der Waals surface area (Å²) >= 11 is 0. The summed E-state index contributed by atoms with van der Waals surface area (Å²) < 4.78 is 7.52. The van der Waals surface area contributed by atoms with Crippen LogP contribution >= 0.6 is 0 Å². The van der Waals surface area contributed by atoms with Crippen LogP contribution in [-0.4, -0.2) is 54.6 Å². The number of ether oxygens (including phenoxy) is 1. The van der Waals surface area contributed by atoms with Gasteiger partial charge in [-0.1, -0.05) is 37.3 Å². The minimum absolute atomic E-state index is 0.118. The van der Waals surface area contributed by atoms with Gasteiger partial charge < -0.3 is 19.5 Å². The lowest BCUT2D eigenvalue weighted by molar-refractivity contribution is 0.0684. The Morgan fingerprint density at radius 2 is 2.03 bits per heavy atom. The minimum atomic E-state index is -0.211. The molecule has 1 atom stereocenters. The molecule has 4 rings (SSSR count). The number of fused-ring (bicyclic) bond motifs is 1. The number of aromatic nitrogens is 5. The van der Waals surface area contributed by atoms with E-state index in [1.165, 1.54) is 4.80 Å². The third kappa shape index (κ3) is 4.80. The molecule has 0 aliphatic carbocycles. The average Bonchev–Trinajstić information content (AvgIpc) is 3.44. The van der Waals surface area contributed by atoms with E-state index in [0.29, 0.717) is 36.8 Å². The predicted molar refractivity (Wildman–Crippen MR) is 120 cm³/mol. The molecule has 3 aromatic rings. The quantitative estimate of drug-likeness (QED) is 0.562. The topological polar surface area (TPSA) is 107 Å². The third-order valence-corrected chi connectivity index (χ3v) is 5.84. The molecule has 174 valence electrons. The Labute approximate surface area is 192 Å². The number of nitrogens with one attached hydrogen (secondary N) is 1. The fourth-order valence-corrected chi connectivity index (χ4v) is 4.09. The Morgan fingerprint density at radius 3 is 2.70 bits per heavy atom. The van der Waals surface area contributed by atoms with E-state index in [-0.39, 0.29) is 31.0 Å². The molecule has 0 bridgehead atoms. The number of hydrogen-bond acceptors (Lipinski definition) is 6. The zero-order valence-electron chi connectivity index (χ0n) is 19.2. The van der Waals surface area contributed by atoms with E-state index in [9.17, 15) is 9.59 Å². The highest BCUT2D eigenvalue weighted by molar-refractivity contribution is 6.00. The number of amides is 2. The van der Waals surface area contributed by atoms with Gasteiger partial charge in [-0.05, 0) is 30.2 Å². The molecule has 10 heteroatoms. The Balaban J connectivity index is 1.60. The van der Waals surface area contributed by atoms with Crippen molar-refractivity contribution < 1.29 is 14.3 Å². The first-order chi connectivity index (χ1) is 16.0. The second kappa shape index (κ2) is 9.95. The molecule has 2 aromatic heterocycles. The van der Waals surface area contributed by atoms with Gasteiger partial charge in [-0.2, -0.15) is 4.80 Å². The fraction of sp³-hybridized carbons (Fsp3) is 0.435. The van der Waals surface area contributed by atoms with Crippen LogP contribution in [-0.2, 0) is 31.5 Å². The van der Waals surface area contributed by atoms with Crippen molar-refractivity contribution in [2.45, 2.75) is 46.0 Å². The summed E-state index contributed by atoms with van der Waals surface area (Å²) in [5.74, 6) is 0.0768. The molecular formula is C23H29N7O3. The fourth-order valence-electron chi connectivity index (χ4n) is 4.09. The van der Waals surface area contributed by atoms with E-state index < -0.39 is 0 Å². The number of benzene rings is 1. The number of carbonyl (C=O) groups excluding carboxylic acids is 2. The van der Waals surface area contributed by atoms with Crippen LogP contribution in [0.4, 0.5) is 0 Å². The van der Waals surface area contributed by atoms with Crippen molar-refractivity contribution in [3.63, 3.8) is 0 Å². The summed E-state index contributed by atoms with van der Waals surface area (Å²) in [4.78, 5) is 29.8. The van der Waals surface area contributed by atoms with Crippen LogP contribution < -0.4 is 5.32 Å². The van der Waals surface area contributed by atoms with Crippen LogP contribution in [0.15, 0.2) is 36.4 Å². The van der Waals surface area contributed by atoms with Gasteiger partial charge in [-0.3, -0.25) is 9.59 Å². The normalized spacial score (nSPS) is 13.9. The van der Waals surface area contributed by atoms with Gasteiger partial charge in [0.25, 0.3) is 11.8 Å². The van der Waals surface area contributed by atoms with Crippen molar-refractivity contribution in [3.8, 4) is 0 Å². The van der Waals surface area contributed by atoms with Crippen molar-refractivity contribution in [1.82, 2.24) is 35.0 Å². The van der Waals surface area contributed by atoms with Crippen LogP contribution in [0.5, 0.6) is 0 Å². The lowest BCUT2D eigenvalue weighted by atomic mass is 10.0. The maximum Gasteiger partial charge on any atom is 0.270 e. The highest BCUT2D eigenvalue weighted by Crippen LogP contribution is 2.24. The number of aryl methyl sites for hydroxylation is 1. The summed E-state index contributed by atoms with van der Waals surface area (Å²) in [6.45, 7) is 5.94. The van der Waals surface area contributed by atoms with Gasteiger partial charge in [0.1, 0.15) is 5.69 Å². The number of nitrogens with zero attached hydrogens (tertiary/aromatic N) is 6. The second-order valence-electron chi connectivity index (χ2n) is 7.95. The summed E-state index contributed by atoms with van der Waals surface area (Å²) in [6.07, 6.45) is 0.753. The van der Waals surface area contributed by atoms with Crippen LogP contribution in [0.2, 0.25) is 0 Å². The van der Waals surface area contributed by atoms with E-state index in [4.69, 9.17) is 4.74 Å². The molecule has 1 aliphatic rings. The molecule has 3 heterocycles. The third-order valence-electron chi connectivity index (χ3n) is 5.84. The molecule has 2 amide bonds. The van der Waals surface area contributed by atoms with Gasteiger partial charge in [-0.25, -0.2) is 0 Å². The Hall–Kier alpha value is -3.53. The summed E-state index contributed by atoms with van der Waals surface area (Å²) in [5.41, 5.74) is 2.71. The molecule has 1 N–H and O–H groups in total. The Morgan fingerprint density at radius 1 is 1.24 bits per heavy atom. The Bertz CT molecular complexity index is 1120. The first-order valence-electron chi connectivity index (χ1n) is 11.2. The maximum atomic E-state index is 13.4. The first kappa shape index (κ1) is 22.7. The van der Waals surface area contributed by atoms with Crippen molar-refractivity contribution >= 4 is 11.8 Å². The molecule has 1 aliphatic heterocycles. The van der Waals surface area contributed by atoms with Gasteiger partial charge >= 0.3 is 0 Å². The summed E-state index contributed by atoms with van der Waals surface area (Å²) in [6, 6.07) is 11.4. The molecule has 0 unspecified atom stereocenters. The van der Waals surface area contributed by atoms with Crippen molar-refractivity contribution in [1.29, 1.82) is 0 Å². The molecule has 0 saturated heterocycles. The molecule has 0 fully saturated rings.